The van der Waals surface area contributed by atoms with Gasteiger partial charge in [-0.25, -0.2) is 0 Å². The second kappa shape index (κ2) is 30.6. The Hall–Kier alpha value is -5.36. The first-order valence-corrected chi connectivity index (χ1v) is 19.8. The Bertz CT molecular complexity index is 1580. The van der Waals surface area contributed by atoms with Crippen molar-refractivity contribution in [3.8, 4) is 0 Å². The fourth-order valence-electron chi connectivity index (χ4n) is 5.00. The van der Waals surface area contributed by atoms with Crippen molar-refractivity contribution >= 4 is 52.9 Å². The molecule has 1 aromatic carbocycles. The highest BCUT2D eigenvalue weighted by Crippen LogP contribution is 2.11. The van der Waals surface area contributed by atoms with Crippen LogP contribution in [0.25, 0.3) is 0 Å². The first-order chi connectivity index (χ1) is 29.3. The van der Waals surface area contributed by atoms with E-state index in [0.717, 1.165) is 4.90 Å². The highest BCUT2D eigenvalue weighted by Gasteiger charge is 2.27. The molecule has 0 spiro atoms. The highest BCUT2D eigenvalue weighted by atomic mass is 16.6. The number of benzene rings is 1. The zero-order chi connectivity index (χ0) is 44.8. The Morgan fingerprint density at radius 3 is 1.61 bits per heavy atom. The summed E-state index contributed by atoms with van der Waals surface area (Å²) < 4.78 is 32.5. The lowest BCUT2D eigenvalue weighted by Crippen LogP contribution is -2.55. The molecule has 3 atom stereocenters. The van der Waals surface area contributed by atoms with Gasteiger partial charge in [0.2, 0.25) is 35.4 Å². The molecule has 0 bridgehead atoms. The number of nitrogens with zero attached hydrogens (tertiary/aromatic N) is 1. The number of primary amides is 1. The SMILES string of the molecule is CC(NC(=O)CCOCCOCCOCCOCCOCCOCCNC(=O)CCN1C(=O)C=CC1=O)C(=O)NC(C)C(=O)NC(CC(N)=O)C(=O)Nc1ccc(CO)cc1. The van der Waals surface area contributed by atoms with Gasteiger partial charge in [0.25, 0.3) is 11.8 Å². The zero-order valence-corrected chi connectivity index (χ0v) is 34.6. The maximum Gasteiger partial charge on any atom is 0.253 e. The number of ether oxygens (including phenoxy) is 6. The second-order valence-corrected chi connectivity index (χ2v) is 13.3. The molecule has 1 aromatic rings. The van der Waals surface area contributed by atoms with Crippen molar-refractivity contribution in [1.82, 2.24) is 26.2 Å². The molecule has 8 amide bonds. The molecule has 8 N–H and O–H groups in total. The number of amides is 8. The van der Waals surface area contributed by atoms with Gasteiger partial charge in [0.1, 0.15) is 18.1 Å². The molecule has 0 saturated heterocycles. The first kappa shape index (κ1) is 51.8. The molecule has 0 aliphatic carbocycles. The number of hydrogen-bond donors (Lipinski definition) is 7. The number of rotatable bonds is 34. The third kappa shape index (κ3) is 23.3. The molecule has 1 aliphatic rings. The number of imide groups is 1. The fourth-order valence-corrected chi connectivity index (χ4v) is 5.00. The minimum atomic E-state index is -1.33. The van der Waals surface area contributed by atoms with Crippen LogP contribution in [-0.2, 0) is 73.4 Å². The lowest BCUT2D eigenvalue weighted by molar-refractivity contribution is -0.137. The highest BCUT2D eigenvalue weighted by molar-refractivity contribution is 6.13. The summed E-state index contributed by atoms with van der Waals surface area (Å²) in [5.41, 5.74) is 6.25. The number of anilines is 1. The van der Waals surface area contributed by atoms with E-state index in [2.05, 4.69) is 26.6 Å². The van der Waals surface area contributed by atoms with Crippen LogP contribution in [0.4, 0.5) is 5.69 Å². The molecule has 61 heavy (non-hydrogen) atoms. The average Bonchev–Trinajstić information content (AvgIpc) is 3.55. The van der Waals surface area contributed by atoms with Crippen LogP contribution in [0.1, 0.15) is 38.7 Å². The Balaban J connectivity index is 1.39. The third-order valence-corrected chi connectivity index (χ3v) is 8.33. The van der Waals surface area contributed by atoms with Crippen LogP contribution in [0.3, 0.4) is 0 Å². The Morgan fingerprint density at radius 2 is 1.10 bits per heavy atom. The smallest absolute Gasteiger partial charge is 0.253 e. The summed E-state index contributed by atoms with van der Waals surface area (Å²) in [4.78, 5) is 97.8. The number of carbonyl (C=O) groups excluding carboxylic acids is 8. The predicted molar refractivity (Wildman–Crippen MR) is 215 cm³/mol. The van der Waals surface area contributed by atoms with E-state index in [9.17, 15) is 43.5 Å². The van der Waals surface area contributed by atoms with Crippen molar-refractivity contribution in [3.05, 3.63) is 42.0 Å². The molecule has 0 saturated carbocycles. The first-order valence-electron chi connectivity index (χ1n) is 19.8. The molecule has 0 aromatic heterocycles. The van der Waals surface area contributed by atoms with Crippen LogP contribution in [0.5, 0.6) is 0 Å². The van der Waals surface area contributed by atoms with E-state index in [1.54, 1.807) is 24.3 Å². The molecule has 1 heterocycles. The molecular weight excluding hydrogens is 806 g/mol. The van der Waals surface area contributed by atoms with Crippen LogP contribution in [-0.4, -0.2) is 168 Å². The Kier molecular flexibility index (Phi) is 26.0. The lowest BCUT2D eigenvalue weighted by atomic mass is 10.1. The maximum absolute atomic E-state index is 12.8. The monoisotopic (exact) mass is 865 g/mol. The summed E-state index contributed by atoms with van der Waals surface area (Å²) in [6.45, 7) is 6.70. The van der Waals surface area contributed by atoms with Crippen molar-refractivity contribution < 1.29 is 71.9 Å². The van der Waals surface area contributed by atoms with Gasteiger partial charge in [-0.1, -0.05) is 12.1 Å². The molecular formula is C39H59N7O15. The van der Waals surface area contributed by atoms with Crippen LogP contribution < -0.4 is 32.3 Å². The quantitative estimate of drug-likeness (QED) is 0.0276. The van der Waals surface area contributed by atoms with Gasteiger partial charge >= 0.3 is 0 Å². The van der Waals surface area contributed by atoms with E-state index in [4.69, 9.17) is 34.2 Å². The van der Waals surface area contributed by atoms with Crippen LogP contribution >= 0.6 is 0 Å². The van der Waals surface area contributed by atoms with E-state index in [0.29, 0.717) is 77.3 Å². The summed E-state index contributed by atoms with van der Waals surface area (Å²) in [5.74, 6) is -4.55. The van der Waals surface area contributed by atoms with Crippen molar-refractivity contribution in [2.24, 2.45) is 5.73 Å². The summed E-state index contributed by atoms with van der Waals surface area (Å²) in [6.07, 6.45) is 1.85. The topological polar surface area (TPSA) is 302 Å². The van der Waals surface area contributed by atoms with Crippen molar-refractivity contribution in [2.75, 3.05) is 97.7 Å². The Labute approximate surface area is 353 Å². The van der Waals surface area contributed by atoms with Crippen molar-refractivity contribution in [2.45, 2.75) is 57.8 Å². The zero-order valence-electron chi connectivity index (χ0n) is 34.6. The number of carbonyl (C=O) groups is 8. The molecule has 22 nitrogen and oxygen atoms in total. The molecule has 0 radical (unpaired) electrons. The van der Waals surface area contributed by atoms with Gasteiger partial charge in [0.05, 0.1) is 92.3 Å². The number of hydrogen-bond acceptors (Lipinski definition) is 15. The molecule has 2 rings (SSSR count). The normalized spacial score (nSPS) is 13.7. The maximum atomic E-state index is 12.8. The number of aliphatic hydroxyl groups is 1. The third-order valence-electron chi connectivity index (χ3n) is 8.33. The van der Waals surface area contributed by atoms with Crippen molar-refractivity contribution in [1.29, 1.82) is 0 Å². The van der Waals surface area contributed by atoms with Gasteiger partial charge in [0.15, 0.2) is 0 Å². The Morgan fingerprint density at radius 1 is 0.623 bits per heavy atom. The van der Waals surface area contributed by atoms with Gasteiger partial charge in [-0.05, 0) is 31.5 Å². The molecule has 22 heteroatoms. The molecule has 0 fully saturated rings. The van der Waals surface area contributed by atoms with Crippen LogP contribution in [0, 0.1) is 0 Å². The van der Waals surface area contributed by atoms with Gasteiger partial charge in [-0.2, -0.15) is 0 Å². The lowest BCUT2D eigenvalue weighted by Gasteiger charge is -2.22. The standard InChI is InChI=1S/C39H59N7O15/c1-27(37(53)43-28(2)38(54)45-31(25-32(40)48)39(55)44-30-5-3-29(26-47)4-6-30)42-34(50)10-13-56-15-17-58-19-21-60-23-24-61-22-20-59-18-16-57-14-11-41-33(49)9-12-46-35(51)7-8-36(46)52/h3-8,27-28,31,47H,9-26H2,1-2H3,(H2,40,48)(H,41,49)(H,42,50)(H,43,53)(H,44,55)(H,45,54). The van der Waals surface area contributed by atoms with E-state index in [-0.39, 0.29) is 51.7 Å². The van der Waals surface area contributed by atoms with Crippen LogP contribution in [0.15, 0.2) is 36.4 Å². The van der Waals surface area contributed by atoms with Crippen molar-refractivity contribution in [3.63, 3.8) is 0 Å². The largest absolute Gasteiger partial charge is 0.392 e. The molecule has 3 unspecified atom stereocenters. The summed E-state index contributed by atoms with van der Waals surface area (Å²) in [5, 5.41) is 21.8. The van der Waals surface area contributed by atoms with E-state index in [1.165, 1.54) is 26.0 Å². The summed E-state index contributed by atoms with van der Waals surface area (Å²) in [7, 11) is 0. The molecule has 340 valence electrons. The summed E-state index contributed by atoms with van der Waals surface area (Å²) >= 11 is 0. The number of nitrogens with two attached hydrogens (primary N) is 1. The van der Waals surface area contributed by atoms with E-state index < -0.39 is 65.9 Å². The predicted octanol–water partition coefficient (Wildman–Crippen LogP) is -2.59. The average molecular weight is 866 g/mol. The minimum Gasteiger partial charge on any atom is -0.392 e. The van der Waals surface area contributed by atoms with Crippen LogP contribution in [0.2, 0.25) is 0 Å². The minimum absolute atomic E-state index is 0.0222. The summed E-state index contributed by atoms with van der Waals surface area (Å²) in [6, 6.07) is 2.81. The number of nitrogens with one attached hydrogen (secondary N) is 5. The molecule has 1 aliphatic heterocycles. The van der Waals surface area contributed by atoms with Gasteiger partial charge in [-0.3, -0.25) is 43.3 Å². The number of aliphatic hydroxyl groups excluding tert-OH is 1. The van der Waals surface area contributed by atoms with Gasteiger partial charge in [0, 0.05) is 43.8 Å². The van der Waals surface area contributed by atoms with Gasteiger partial charge in [-0.15, -0.1) is 0 Å². The van der Waals surface area contributed by atoms with E-state index in [1.807, 2.05) is 0 Å². The van der Waals surface area contributed by atoms with E-state index >= 15 is 0 Å². The van der Waals surface area contributed by atoms with Gasteiger partial charge < -0.3 is 65.8 Å². The second-order valence-electron chi connectivity index (χ2n) is 13.3. The fraction of sp³-hybridized carbons (Fsp3) is 0.590.